The lowest BCUT2D eigenvalue weighted by Crippen LogP contribution is -2.27. The third-order valence-electron chi connectivity index (χ3n) is 2.37. The molecule has 19 heavy (non-hydrogen) atoms. The fraction of sp³-hybridized carbons (Fsp3) is 0.231. The van der Waals surface area contributed by atoms with Crippen LogP contribution in [-0.4, -0.2) is 18.2 Å². The van der Waals surface area contributed by atoms with Crippen LogP contribution in [0.5, 0.6) is 0 Å². The lowest BCUT2D eigenvalue weighted by molar-refractivity contribution is 0.0601. The number of hydrogen-bond donors (Lipinski definition) is 2. The van der Waals surface area contributed by atoms with Crippen LogP contribution in [0.1, 0.15) is 23.7 Å². The molecule has 0 aliphatic rings. The quantitative estimate of drug-likeness (QED) is 0.659. The topological polar surface area (TPSA) is 50.4 Å². The number of thiocarbonyl (C=S) groups is 1. The molecule has 0 saturated heterocycles. The Morgan fingerprint density at radius 2 is 2.21 bits per heavy atom. The van der Waals surface area contributed by atoms with Gasteiger partial charge in [0, 0.05) is 5.70 Å². The molecule has 0 aromatic heterocycles. The molecule has 1 rings (SSSR count). The van der Waals surface area contributed by atoms with Gasteiger partial charge in [-0.05, 0) is 30.8 Å². The molecule has 4 nitrogen and oxygen atoms in total. The smallest absolute Gasteiger partial charge is 0.339 e. The molecule has 0 fully saturated rings. The largest absolute Gasteiger partial charge is 0.465 e. The molecule has 6 heteroatoms. The Balaban J connectivity index is 2.88. The van der Waals surface area contributed by atoms with E-state index >= 15 is 0 Å². The Morgan fingerprint density at radius 3 is 2.79 bits per heavy atom. The van der Waals surface area contributed by atoms with E-state index in [1.54, 1.807) is 18.2 Å². The Labute approximate surface area is 122 Å². The summed E-state index contributed by atoms with van der Waals surface area (Å²) in [5, 5.41) is 6.47. The zero-order valence-corrected chi connectivity index (χ0v) is 12.3. The summed E-state index contributed by atoms with van der Waals surface area (Å²) in [7, 11) is 1.30. The summed E-state index contributed by atoms with van der Waals surface area (Å²) in [6, 6.07) is 5.00. The summed E-state index contributed by atoms with van der Waals surface area (Å²) in [4.78, 5) is 11.5. The molecule has 0 heterocycles. The van der Waals surface area contributed by atoms with E-state index in [-0.39, 0.29) is 10.6 Å². The molecule has 2 N–H and O–H groups in total. The molecule has 0 spiro atoms. The van der Waals surface area contributed by atoms with Crippen LogP contribution >= 0.6 is 23.8 Å². The highest BCUT2D eigenvalue weighted by atomic mass is 35.5. The molecule has 0 aliphatic carbocycles. The Bertz CT molecular complexity index is 517. The first-order valence-corrected chi connectivity index (χ1v) is 6.40. The lowest BCUT2D eigenvalue weighted by Gasteiger charge is -2.13. The maximum atomic E-state index is 11.5. The number of carbonyl (C=O) groups excluding carboxylic acids is 1. The maximum Gasteiger partial charge on any atom is 0.339 e. The fourth-order valence-corrected chi connectivity index (χ4v) is 1.80. The molecule has 0 aliphatic heterocycles. The Morgan fingerprint density at radius 1 is 1.53 bits per heavy atom. The minimum atomic E-state index is -0.495. The number of esters is 1. The number of halogens is 1. The highest BCUT2D eigenvalue weighted by Crippen LogP contribution is 2.26. The maximum absolute atomic E-state index is 11.5. The molecule has 0 unspecified atom stereocenters. The van der Waals surface area contributed by atoms with E-state index < -0.39 is 5.97 Å². The van der Waals surface area contributed by atoms with Gasteiger partial charge in [-0.25, -0.2) is 4.79 Å². The zero-order chi connectivity index (χ0) is 14.4. The van der Waals surface area contributed by atoms with Crippen LogP contribution in [-0.2, 0) is 4.74 Å². The minimum Gasteiger partial charge on any atom is -0.465 e. The van der Waals surface area contributed by atoms with E-state index in [0.717, 1.165) is 12.1 Å². The first kappa shape index (κ1) is 15.5. The molecule has 0 amide bonds. The molecular formula is C13H15ClN2O2S. The van der Waals surface area contributed by atoms with Crippen molar-refractivity contribution in [2.45, 2.75) is 13.3 Å². The number of ether oxygens (including phenoxy) is 1. The summed E-state index contributed by atoms with van der Waals surface area (Å²) in [6.45, 7) is 5.75. The summed E-state index contributed by atoms with van der Waals surface area (Å²) < 4.78 is 4.65. The van der Waals surface area contributed by atoms with Crippen molar-refractivity contribution >= 4 is 40.6 Å². The molecule has 0 atom stereocenters. The van der Waals surface area contributed by atoms with Crippen molar-refractivity contribution in [3.05, 3.63) is 41.1 Å². The standard InChI is InChI=1S/C13H15ClN2O2S/c1-4-8(2)15-13(19)16-10-7-5-6-9(11(10)14)12(17)18-3/h5-7H,2,4H2,1,3H3,(H2,15,16,19). The van der Waals surface area contributed by atoms with Gasteiger partial charge in [-0.15, -0.1) is 0 Å². The average Bonchev–Trinajstić information content (AvgIpc) is 2.40. The summed E-state index contributed by atoms with van der Waals surface area (Å²) in [5.41, 5.74) is 1.61. The van der Waals surface area contributed by atoms with Crippen LogP contribution < -0.4 is 10.6 Å². The van der Waals surface area contributed by atoms with E-state index in [9.17, 15) is 4.79 Å². The van der Waals surface area contributed by atoms with Gasteiger partial charge in [0.25, 0.3) is 0 Å². The third-order valence-corrected chi connectivity index (χ3v) is 2.98. The monoisotopic (exact) mass is 298 g/mol. The first-order chi connectivity index (χ1) is 8.99. The number of anilines is 1. The first-order valence-electron chi connectivity index (χ1n) is 5.62. The number of benzene rings is 1. The number of methoxy groups -OCH3 is 1. The van der Waals surface area contributed by atoms with Gasteiger partial charge in [0.2, 0.25) is 0 Å². The van der Waals surface area contributed by atoms with E-state index in [4.69, 9.17) is 23.8 Å². The van der Waals surface area contributed by atoms with E-state index in [1.165, 1.54) is 7.11 Å². The minimum absolute atomic E-state index is 0.264. The second kappa shape index (κ2) is 7.11. The van der Waals surface area contributed by atoms with Gasteiger partial charge in [-0.3, -0.25) is 0 Å². The van der Waals surface area contributed by atoms with Crippen LogP contribution in [0.4, 0.5) is 5.69 Å². The van der Waals surface area contributed by atoms with Crippen LogP contribution in [0.3, 0.4) is 0 Å². The second-order valence-electron chi connectivity index (χ2n) is 3.69. The van der Waals surface area contributed by atoms with E-state index in [0.29, 0.717) is 10.8 Å². The predicted octanol–water partition coefficient (Wildman–Crippen LogP) is 3.34. The molecule has 0 bridgehead atoms. The van der Waals surface area contributed by atoms with Gasteiger partial charge in [0.05, 0.1) is 23.4 Å². The molecular weight excluding hydrogens is 284 g/mol. The van der Waals surface area contributed by atoms with Gasteiger partial charge in [-0.2, -0.15) is 0 Å². The van der Waals surface area contributed by atoms with Crippen LogP contribution in [0, 0.1) is 0 Å². The van der Waals surface area contributed by atoms with E-state index in [2.05, 4.69) is 21.9 Å². The summed E-state index contributed by atoms with van der Waals surface area (Å²) >= 11 is 11.2. The molecule has 1 aromatic rings. The Kier molecular flexibility index (Phi) is 5.79. The van der Waals surface area contributed by atoms with E-state index in [1.807, 2.05) is 6.92 Å². The second-order valence-corrected chi connectivity index (χ2v) is 4.48. The van der Waals surface area contributed by atoms with Crippen molar-refractivity contribution < 1.29 is 9.53 Å². The average molecular weight is 299 g/mol. The van der Waals surface area contributed by atoms with Gasteiger partial charge < -0.3 is 15.4 Å². The molecule has 102 valence electrons. The zero-order valence-electron chi connectivity index (χ0n) is 10.7. The molecule has 0 saturated carbocycles. The number of nitrogens with one attached hydrogen (secondary N) is 2. The number of carbonyl (C=O) groups is 1. The van der Waals surface area contributed by atoms with Crippen LogP contribution in [0.25, 0.3) is 0 Å². The summed E-state index contributed by atoms with van der Waals surface area (Å²) in [6.07, 6.45) is 0.762. The van der Waals surface area contributed by atoms with Crippen molar-refractivity contribution in [2.24, 2.45) is 0 Å². The van der Waals surface area contributed by atoms with Crippen LogP contribution in [0.15, 0.2) is 30.5 Å². The highest BCUT2D eigenvalue weighted by Gasteiger charge is 2.14. The number of allylic oxidation sites excluding steroid dienone is 1. The van der Waals surface area contributed by atoms with Gasteiger partial charge in [0.15, 0.2) is 5.11 Å². The Hall–Kier alpha value is -1.59. The van der Waals surface area contributed by atoms with Gasteiger partial charge >= 0.3 is 5.97 Å². The molecule has 0 radical (unpaired) electrons. The van der Waals surface area contributed by atoms with Crippen molar-refractivity contribution in [3.8, 4) is 0 Å². The third kappa shape index (κ3) is 4.22. The normalized spacial score (nSPS) is 9.63. The highest BCUT2D eigenvalue weighted by molar-refractivity contribution is 7.80. The van der Waals surface area contributed by atoms with Crippen molar-refractivity contribution in [1.82, 2.24) is 5.32 Å². The summed E-state index contributed by atoms with van der Waals surface area (Å²) in [5.74, 6) is -0.495. The number of hydrogen-bond acceptors (Lipinski definition) is 3. The van der Waals surface area contributed by atoms with Crippen molar-refractivity contribution in [2.75, 3.05) is 12.4 Å². The fourth-order valence-electron chi connectivity index (χ4n) is 1.30. The van der Waals surface area contributed by atoms with Crippen LogP contribution in [0.2, 0.25) is 5.02 Å². The van der Waals surface area contributed by atoms with Crippen molar-refractivity contribution in [3.63, 3.8) is 0 Å². The van der Waals surface area contributed by atoms with Crippen molar-refractivity contribution in [1.29, 1.82) is 0 Å². The lowest BCUT2D eigenvalue weighted by atomic mass is 10.2. The molecule has 1 aromatic carbocycles. The van der Waals surface area contributed by atoms with Gasteiger partial charge in [-0.1, -0.05) is 31.2 Å². The predicted molar refractivity (Wildman–Crippen MR) is 81.6 cm³/mol. The number of rotatable bonds is 4. The SMILES string of the molecule is C=C(CC)NC(=S)Nc1cccc(C(=O)OC)c1Cl. The van der Waals surface area contributed by atoms with Gasteiger partial charge in [0.1, 0.15) is 0 Å².